The van der Waals surface area contributed by atoms with Crippen molar-refractivity contribution in [3.05, 3.63) is 24.0 Å². The molecule has 6 heteroatoms. The Hall–Kier alpha value is -1.92. The van der Waals surface area contributed by atoms with Crippen LogP contribution in [0, 0.1) is 0 Å². The van der Waals surface area contributed by atoms with Crippen molar-refractivity contribution in [3.63, 3.8) is 0 Å². The van der Waals surface area contributed by atoms with E-state index in [-0.39, 0.29) is 5.91 Å². The van der Waals surface area contributed by atoms with Gasteiger partial charge in [-0.2, -0.15) is 0 Å². The third-order valence-corrected chi connectivity index (χ3v) is 3.95. The molecule has 1 aliphatic heterocycles. The van der Waals surface area contributed by atoms with Crippen molar-refractivity contribution < 1.29 is 9.53 Å². The Morgan fingerprint density at radius 1 is 1.50 bits per heavy atom. The lowest BCUT2D eigenvalue weighted by Gasteiger charge is -2.22. The van der Waals surface area contributed by atoms with Gasteiger partial charge in [-0.1, -0.05) is 6.92 Å². The molecule has 1 atom stereocenters. The number of rotatable bonds is 4. The number of amides is 1. The van der Waals surface area contributed by atoms with Gasteiger partial charge in [0.25, 0.3) is 5.91 Å². The number of anilines is 1. The van der Waals surface area contributed by atoms with Gasteiger partial charge >= 0.3 is 0 Å². The number of fused-ring (bicyclic) bond motifs is 1. The first-order valence-electron chi connectivity index (χ1n) is 7.85. The van der Waals surface area contributed by atoms with Crippen molar-refractivity contribution in [2.75, 3.05) is 25.0 Å². The van der Waals surface area contributed by atoms with Crippen LogP contribution in [0.3, 0.4) is 0 Å². The Bertz CT molecular complexity index is 674. The molecule has 1 aliphatic rings. The van der Waals surface area contributed by atoms with Crippen LogP contribution in [0.2, 0.25) is 0 Å². The molecule has 1 saturated heterocycles. The van der Waals surface area contributed by atoms with Gasteiger partial charge in [-0.15, -0.1) is 0 Å². The zero-order valence-electron chi connectivity index (χ0n) is 13.1. The summed E-state index contributed by atoms with van der Waals surface area (Å²) >= 11 is 0. The number of morpholine rings is 1. The number of hydrogen-bond acceptors (Lipinski definition) is 4. The fraction of sp³-hybridized carbons (Fsp3) is 0.500. The van der Waals surface area contributed by atoms with Gasteiger partial charge in [0.05, 0.1) is 17.6 Å². The van der Waals surface area contributed by atoms with Gasteiger partial charge in [0.1, 0.15) is 11.9 Å². The summed E-state index contributed by atoms with van der Waals surface area (Å²) in [6, 6.07) is 5.86. The van der Waals surface area contributed by atoms with E-state index in [9.17, 15) is 4.79 Å². The molecule has 3 rings (SSSR count). The minimum absolute atomic E-state index is 0.114. The first kappa shape index (κ1) is 15.0. The number of hydrogen-bond donors (Lipinski definition) is 2. The molecule has 0 saturated carbocycles. The number of aryl methyl sites for hydroxylation is 2. The molecule has 0 radical (unpaired) electrons. The molecule has 2 N–H and O–H groups in total. The minimum Gasteiger partial charge on any atom is -0.366 e. The summed E-state index contributed by atoms with van der Waals surface area (Å²) in [6.07, 6.45) is 0.468. The Kier molecular flexibility index (Phi) is 4.40. The first-order chi connectivity index (χ1) is 10.7. The van der Waals surface area contributed by atoms with E-state index in [1.54, 1.807) is 0 Å². The highest BCUT2D eigenvalue weighted by Gasteiger charge is 2.22. The van der Waals surface area contributed by atoms with Crippen molar-refractivity contribution in [1.29, 1.82) is 0 Å². The van der Waals surface area contributed by atoms with Crippen LogP contribution < -0.4 is 10.6 Å². The van der Waals surface area contributed by atoms with Crippen molar-refractivity contribution in [2.24, 2.45) is 0 Å². The number of ether oxygens (including phenoxy) is 1. The number of aromatic nitrogens is 2. The lowest BCUT2D eigenvalue weighted by molar-refractivity contribution is -0.128. The Labute approximate surface area is 129 Å². The van der Waals surface area contributed by atoms with Crippen LogP contribution in [0.25, 0.3) is 11.0 Å². The summed E-state index contributed by atoms with van der Waals surface area (Å²) in [5.41, 5.74) is 2.78. The minimum atomic E-state index is -0.427. The van der Waals surface area contributed by atoms with Gasteiger partial charge in [-0.25, -0.2) is 4.98 Å². The largest absolute Gasteiger partial charge is 0.366 e. The molecule has 1 aromatic carbocycles. The number of nitrogens with zero attached hydrogens (tertiary/aromatic N) is 2. The molecule has 0 bridgehead atoms. The monoisotopic (exact) mass is 302 g/mol. The topological polar surface area (TPSA) is 68.2 Å². The summed E-state index contributed by atoms with van der Waals surface area (Å²) in [5, 5.41) is 6.07. The van der Waals surface area contributed by atoms with Crippen LogP contribution in [0.5, 0.6) is 0 Å². The quantitative estimate of drug-likeness (QED) is 0.899. The maximum atomic E-state index is 12.2. The fourth-order valence-electron chi connectivity index (χ4n) is 2.84. The summed E-state index contributed by atoms with van der Waals surface area (Å²) < 4.78 is 7.67. The second-order valence-corrected chi connectivity index (χ2v) is 5.38. The van der Waals surface area contributed by atoms with Crippen LogP contribution in [0.15, 0.2) is 18.2 Å². The van der Waals surface area contributed by atoms with Gasteiger partial charge in [0.15, 0.2) is 0 Å². The average molecular weight is 302 g/mol. The SMILES string of the molecule is CCc1nc2cc(NC(=O)[C@@H]3CNCCO3)ccc2n1CC. The van der Waals surface area contributed by atoms with E-state index in [0.29, 0.717) is 13.2 Å². The Morgan fingerprint density at radius 2 is 2.36 bits per heavy atom. The molecule has 1 fully saturated rings. The number of carbonyl (C=O) groups excluding carboxylic acids is 1. The van der Waals surface area contributed by atoms with Crippen molar-refractivity contribution >= 4 is 22.6 Å². The van der Waals surface area contributed by atoms with Crippen molar-refractivity contribution in [3.8, 4) is 0 Å². The lowest BCUT2D eigenvalue weighted by atomic mass is 10.2. The van der Waals surface area contributed by atoms with Crippen LogP contribution in [0.4, 0.5) is 5.69 Å². The predicted octanol–water partition coefficient (Wildman–Crippen LogP) is 1.55. The Balaban J connectivity index is 1.81. The highest BCUT2D eigenvalue weighted by molar-refractivity contribution is 5.96. The summed E-state index contributed by atoms with van der Waals surface area (Å²) in [6.45, 7) is 7.03. The molecule has 2 heterocycles. The van der Waals surface area contributed by atoms with E-state index in [2.05, 4.69) is 34.0 Å². The van der Waals surface area contributed by atoms with Crippen LogP contribution >= 0.6 is 0 Å². The maximum Gasteiger partial charge on any atom is 0.254 e. The van der Waals surface area contributed by atoms with Crippen LogP contribution in [0.1, 0.15) is 19.7 Å². The van der Waals surface area contributed by atoms with E-state index < -0.39 is 6.10 Å². The highest BCUT2D eigenvalue weighted by atomic mass is 16.5. The maximum absolute atomic E-state index is 12.2. The molecule has 0 spiro atoms. The summed E-state index contributed by atoms with van der Waals surface area (Å²) in [4.78, 5) is 16.8. The molecule has 0 aliphatic carbocycles. The normalized spacial score (nSPS) is 18.5. The molecular formula is C16H22N4O2. The third kappa shape index (κ3) is 2.84. The zero-order valence-corrected chi connectivity index (χ0v) is 13.1. The second kappa shape index (κ2) is 6.46. The zero-order chi connectivity index (χ0) is 15.5. The van der Waals surface area contributed by atoms with E-state index in [1.165, 1.54) is 0 Å². The van der Waals surface area contributed by atoms with Gasteiger partial charge in [-0.05, 0) is 25.1 Å². The molecule has 6 nitrogen and oxygen atoms in total. The van der Waals surface area contributed by atoms with Gasteiger partial charge < -0.3 is 19.9 Å². The lowest BCUT2D eigenvalue weighted by Crippen LogP contribution is -2.45. The van der Waals surface area contributed by atoms with E-state index in [4.69, 9.17) is 4.74 Å². The average Bonchev–Trinajstić information content (AvgIpc) is 2.92. The second-order valence-electron chi connectivity index (χ2n) is 5.38. The highest BCUT2D eigenvalue weighted by Crippen LogP contribution is 2.21. The molecule has 0 unspecified atom stereocenters. The van der Waals surface area contributed by atoms with Crippen LogP contribution in [-0.4, -0.2) is 41.3 Å². The van der Waals surface area contributed by atoms with Crippen molar-refractivity contribution in [1.82, 2.24) is 14.9 Å². The summed E-state index contributed by atoms with van der Waals surface area (Å²) in [5.74, 6) is 0.956. The number of nitrogens with one attached hydrogen (secondary N) is 2. The number of imidazole rings is 1. The summed E-state index contributed by atoms with van der Waals surface area (Å²) in [7, 11) is 0. The third-order valence-electron chi connectivity index (χ3n) is 3.95. The molecule has 1 amide bonds. The molecule has 22 heavy (non-hydrogen) atoms. The van der Waals surface area contributed by atoms with Gasteiger partial charge in [0.2, 0.25) is 0 Å². The molecule has 2 aromatic rings. The molecular weight excluding hydrogens is 280 g/mol. The van der Waals surface area contributed by atoms with Crippen LogP contribution in [-0.2, 0) is 22.5 Å². The Morgan fingerprint density at radius 3 is 3.05 bits per heavy atom. The fourth-order valence-corrected chi connectivity index (χ4v) is 2.84. The predicted molar refractivity (Wildman–Crippen MR) is 86.0 cm³/mol. The van der Waals surface area contributed by atoms with E-state index >= 15 is 0 Å². The van der Waals surface area contributed by atoms with E-state index in [1.807, 2.05) is 18.2 Å². The number of benzene rings is 1. The molecule has 118 valence electrons. The number of carbonyl (C=O) groups is 1. The smallest absolute Gasteiger partial charge is 0.254 e. The first-order valence-corrected chi connectivity index (χ1v) is 7.85. The standard InChI is InChI=1S/C16H22N4O2/c1-3-15-19-12-9-11(5-6-13(12)20(15)4-2)18-16(21)14-10-17-7-8-22-14/h5-6,9,14,17H,3-4,7-8,10H2,1-2H3,(H,18,21)/t14-/m0/s1. The van der Waals surface area contributed by atoms with Crippen molar-refractivity contribution in [2.45, 2.75) is 32.9 Å². The molecule has 1 aromatic heterocycles. The van der Waals surface area contributed by atoms with E-state index in [0.717, 1.165) is 42.1 Å². The van der Waals surface area contributed by atoms with Gasteiger partial charge in [-0.3, -0.25) is 4.79 Å². The van der Waals surface area contributed by atoms with Gasteiger partial charge in [0, 0.05) is 31.7 Å².